The van der Waals surface area contributed by atoms with Crippen molar-refractivity contribution >= 4 is 11.8 Å². The Bertz CT molecular complexity index is 361. The topological polar surface area (TPSA) is 26.0 Å². The summed E-state index contributed by atoms with van der Waals surface area (Å²) in [6.45, 7) is 6.19. The first-order valence-electron chi connectivity index (χ1n) is 5.14. The van der Waals surface area contributed by atoms with Crippen LogP contribution in [0.5, 0.6) is 0 Å². The highest BCUT2D eigenvalue weighted by atomic mass is 32.2. The molecule has 0 aliphatic rings. The SMILES string of the molecule is CC(C)(C)SCC(N)c1cc(F)ccc1F. The molecular formula is C12H17F2NS. The van der Waals surface area contributed by atoms with Gasteiger partial charge < -0.3 is 5.73 Å². The molecule has 16 heavy (non-hydrogen) atoms. The Morgan fingerprint density at radius 2 is 1.94 bits per heavy atom. The van der Waals surface area contributed by atoms with Gasteiger partial charge in [-0.1, -0.05) is 20.8 Å². The van der Waals surface area contributed by atoms with Crippen molar-refractivity contribution in [3.05, 3.63) is 35.4 Å². The fourth-order valence-electron chi connectivity index (χ4n) is 1.23. The van der Waals surface area contributed by atoms with E-state index in [1.165, 1.54) is 6.07 Å². The van der Waals surface area contributed by atoms with Gasteiger partial charge in [0.05, 0.1) is 0 Å². The van der Waals surface area contributed by atoms with Crippen LogP contribution >= 0.6 is 11.8 Å². The van der Waals surface area contributed by atoms with Crippen LogP contribution in [0.3, 0.4) is 0 Å². The first kappa shape index (κ1) is 13.5. The molecule has 2 N–H and O–H groups in total. The Hall–Kier alpha value is -0.610. The van der Waals surface area contributed by atoms with E-state index in [1.807, 2.05) is 0 Å². The van der Waals surface area contributed by atoms with Gasteiger partial charge in [0.25, 0.3) is 0 Å². The van der Waals surface area contributed by atoms with Crippen LogP contribution in [0.25, 0.3) is 0 Å². The van der Waals surface area contributed by atoms with Gasteiger partial charge in [-0.2, -0.15) is 11.8 Å². The monoisotopic (exact) mass is 245 g/mol. The van der Waals surface area contributed by atoms with Crippen molar-refractivity contribution in [2.24, 2.45) is 5.73 Å². The Labute approximate surface area is 99.4 Å². The number of hydrogen-bond donors (Lipinski definition) is 1. The first-order valence-corrected chi connectivity index (χ1v) is 6.12. The van der Waals surface area contributed by atoms with Crippen molar-refractivity contribution in [3.63, 3.8) is 0 Å². The third-order valence-electron chi connectivity index (χ3n) is 2.05. The lowest BCUT2D eigenvalue weighted by Gasteiger charge is -2.21. The Balaban J connectivity index is 2.73. The van der Waals surface area contributed by atoms with Crippen LogP contribution in [0.1, 0.15) is 32.4 Å². The molecule has 0 bridgehead atoms. The predicted octanol–water partition coefficient (Wildman–Crippen LogP) is 3.50. The molecule has 0 saturated heterocycles. The molecule has 4 heteroatoms. The Morgan fingerprint density at radius 1 is 1.31 bits per heavy atom. The lowest BCUT2D eigenvalue weighted by atomic mass is 10.1. The zero-order valence-electron chi connectivity index (χ0n) is 9.76. The van der Waals surface area contributed by atoms with E-state index in [0.29, 0.717) is 5.75 Å². The summed E-state index contributed by atoms with van der Waals surface area (Å²) in [6.07, 6.45) is 0. The molecule has 1 rings (SSSR count). The summed E-state index contributed by atoms with van der Waals surface area (Å²) >= 11 is 1.64. The van der Waals surface area contributed by atoms with Crippen molar-refractivity contribution in [1.29, 1.82) is 0 Å². The summed E-state index contributed by atoms with van der Waals surface area (Å²) < 4.78 is 26.4. The Kier molecular flexibility index (Phi) is 4.33. The molecular weight excluding hydrogens is 228 g/mol. The van der Waals surface area contributed by atoms with E-state index < -0.39 is 17.7 Å². The number of benzene rings is 1. The number of halogens is 2. The summed E-state index contributed by atoms with van der Waals surface area (Å²) in [5.41, 5.74) is 6.09. The molecule has 0 heterocycles. The van der Waals surface area contributed by atoms with Gasteiger partial charge in [-0.3, -0.25) is 0 Å². The zero-order chi connectivity index (χ0) is 12.3. The number of nitrogens with two attached hydrogens (primary N) is 1. The van der Waals surface area contributed by atoms with Gasteiger partial charge in [-0.15, -0.1) is 0 Å². The van der Waals surface area contributed by atoms with E-state index in [-0.39, 0.29) is 10.3 Å². The highest BCUT2D eigenvalue weighted by Gasteiger charge is 2.17. The van der Waals surface area contributed by atoms with Crippen LogP contribution in [0.2, 0.25) is 0 Å². The first-order chi connectivity index (χ1) is 7.29. The molecule has 0 aliphatic carbocycles. The average molecular weight is 245 g/mol. The second kappa shape index (κ2) is 5.15. The summed E-state index contributed by atoms with van der Waals surface area (Å²) in [7, 11) is 0. The van der Waals surface area contributed by atoms with E-state index in [9.17, 15) is 8.78 Å². The maximum Gasteiger partial charge on any atom is 0.128 e. The normalized spacial score (nSPS) is 13.9. The lowest BCUT2D eigenvalue weighted by Crippen LogP contribution is -2.19. The number of thioether (sulfide) groups is 1. The molecule has 0 radical (unpaired) electrons. The van der Waals surface area contributed by atoms with E-state index in [1.54, 1.807) is 11.8 Å². The van der Waals surface area contributed by atoms with Gasteiger partial charge >= 0.3 is 0 Å². The molecule has 1 unspecified atom stereocenters. The molecule has 1 atom stereocenters. The van der Waals surface area contributed by atoms with Crippen LogP contribution in [0.4, 0.5) is 8.78 Å². The van der Waals surface area contributed by atoms with Crippen LogP contribution in [0, 0.1) is 11.6 Å². The fourth-order valence-corrected chi connectivity index (χ4v) is 2.09. The minimum Gasteiger partial charge on any atom is -0.323 e. The van der Waals surface area contributed by atoms with E-state index in [2.05, 4.69) is 20.8 Å². The molecule has 1 aromatic rings. The van der Waals surface area contributed by atoms with Gasteiger partial charge in [0.15, 0.2) is 0 Å². The van der Waals surface area contributed by atoms with Crippen LogP contribution in [-0.2, 0) is 0 Å². The quantitative estimate of drug-likeness (QED) is 0.882. The smallest absolute Gasteiger partial charge is 0.128 e. The largest absolute Gasteiger partial charge is 0.323 e. The average Bonchev–Trinajstić information content (AvgIpc) is 2.17. The van der Waals surface area contributed by atoms with Crippen molar-refractivity contribution in [1.82, 2.24) is 0 Å². The summed E-state index contributed by atoms with van der Waals surface area (Å²) in [5, 5.41) is 0. The second-order valence-electron chi connectivity index (χ2n) is 4.70. The molecule has 0 amide bonds. The van der Waals surface area contributed by atoms with E-state index in [4.69, 9.17) is 5.73 Å². The molecule has 0 spiro atoms. The lowest BCUT2D eigenvalue weighted by molar-refractivity contribution is 0.572. The molecule has 90 valence electrons. The standard InChI is InChI=1S/C12H17F2NS/c1-12(2,3)16-7-11(15)9-6-8(13)4-5-10(9)14/h4-6,11H,7,15H2,1-3H3. The van der Waals surface area contributed by atoms with Gasteiger partial charge in [-0.25, -0.2) is 8.78 Å². The third kappa shape index (κ3) is 4.10. The number of hydrogen-bond acceptors (Lipinski definition) is 2. The molecule has 1 aromatic carbocycles. The van der Waals surface area contributed by atoms with Crippen molar-refractivity contribution in [2.45, 2.75) is 31.6 Å². The van der Waals surface area contributed by atoms with Crippen LogP contribution in [-0.4, -0.2) is 10.5 Å². The molecule has 0 saturated carbocycles. The van der Waals surface area contributed by atoms with E-state index >= 15 is 0 Å². The molecule has 0 aliphatic heterocycles. The van der Waals surface area contributed by atoms with Crippen molar-refractivity contribution in [3.8, 4) is 0 Å². The third-order valence-corrected chi connectivity index (χ3v) is 3.45. The number of rotatable bonds is 3. The van der Waals surface area contributed by atoms with Gasteiger partial charge in [0.2, 0.25) is 0 Å². The predicted molar refractivity (Wildman–Crippen MR) is 65.5 cm³/mol. The zero-order valence-corrected chi connectivity index (χ0v) is 10.6. The molecule has 0 aromatic heterocycles. The summed E-state index contributed by atoms with van der Waals surface area (Å²) in [5.74, 6) is -0.319. The Morgan fingerprint density at radius 3 is 2.50 bits per heavy atom. The summed E-state index contributed by atoms with van der Waals surface area (Å²) in [4.78, 5) is 0. The van der Waals surface area contributed by atoms with Gasteiger partial charge in [0.1, 0.15) is 11.6 Å². The molecule has 1 nitrogen and oxygen atoms in total. The minimum absolute atomic E-state index is 0.0709. The summed E-state index contributed by atoms with van der Waals surface area (Å²) in [6, 6.07) is 2.91. The van der Waals surface area contributed by atoms with Crippen LogP contribution < -0.4 is 5.73 Å². The van der Waals surface area contributed by atoms with Crippen LogP contribution in [0.15, 0.2) is 18.2 Å². The van der Waals surface area contributed by atoms with E-state index in [0.717, 1.165) is 12.1 Å². The van der Waals surface area contributed by atoms with Gasteiger partial charge in [0, 0.05) is 22.1 Å². The van der Waals surface area contributed by atoms with Gasteiger partial charge in [-0.05, 0) is 18.2 Å². The minimum atomic E-state index is -0.472. The maximum absolute atomic E-state index is 13.4. The highest BCUT2D eigenvalue weighted by Crippen LogP contribution is 2.28. The van der Waals surface area contributed by atoms with Crippen molar-refractivity contribution in [2.75, 3.05) is 5.75 Å². The maximum atomic E-state index is 13.4. The highest BCUT2D eigenvalue weighted by molar-refractivity contribution is 8.00. The molecule has 0 fully saturated rings. The fraction of sp³-hybridized carbons (Fsp3) is 0.500. The second-order valence-corrected chi connectivity index (χ2v) is 6.54. The van der Waals surface area contributed by atoms with Crippen molar-refractivity contribution < 1.29 is 8.78 Å².